The Morgan fingerprint density at radius 3 is 2.68 bits per heavy atom. The number of nitrogens with zero attached hydrogens (tertiary/aromatic N) is 1. The minimum absolute atomic E-state index is 0.0304. The molecule has 1 saturated carbocycles. The Kier molecular flexibility index (Phi) is 5.34. The lowest BCUT2D eigenvalue weighted by Gasteiger charge is -2.59. The van der Waals surface area contributed by atoms with Crippen LogP contribution in [0, 0.1) is 17.6 Å². The smallest absolute Gasteiger partial charge is 0.254 e. The summed E-state index contributed by atoms with van der Waals surface area (Å²) >= 11 is 0. The molecule has 2 bridgehead atoms. The minimum Gasteiger partial charge on any atom is -0.508 e. The third-order valence-electron chi connectivity index (χ3n) is 8.89. The van der Waals surface area contributed by atoms with E-state index in [9.17, 15) is 28.9 Å². The van der Waals surface area contributed by atoms with Crippen molar-refractivity contribution in [3.05, 3.63) is 64.4 Å². The van der Waals surface area contributed by atoms with Gasteiger partial charge in [-0.25, -0.2) is 8.78 Å². The van der Waals surface area contributed by atoms with Gasteiger partial charge in [0.25, 0.3) is 5.91 Å². The number of aliphatic hydroxyl groups excluding tert-OH is 1. The fourth-order valence-electron chi connectivity index (χ4n) is 6.68. The highest BCUT2D eigenvalue weighted by molar-refractivity contribution is 6.03. The topological polar surface area (TPSA) is 102 Å². The van der Waals surface area contributed by atoms with Gasteiger partial charge in [-0.3, -0.25) is 9.69 Å². The number of rotatable bonds is 5. The van der Waals surface area contributed by atoms with Crippen LogP contribution in [0.25, 0.3) is 0 Å². The molecule has 4 N–H and O–H groups in total. The average molecular weight is 513 g/mol. The first kappa shape index (κ1) is 24.2. The van der Waals surface area contributed by atoms with E-state index in [1.165, 1.54) is 25.8 Å². The molecule has 4 atom stereocenters. The summed E-state index contributed by atoms with van der Waals surface area (Å²) in [4.78, 5) is 15.3. The van der Waals surface area contributed by atoms with Crippen LogP contribution in [0.3, 0.4) is 0 Å². The highest BCUT2D eigenvalue weighted by Crippen LogP contribution is 2.63. The molecule has 2 aliphatic heterocycles. The fourth-order valence-corrected chi connectivity index (χ4v) is 6.68. The van der Waals surface area contributed by atoms with Gasteiger partial charge in [-0.2, -0.15) is 0 Å². The SMILES string of the molecule is C/C(C(=O)Nc1ccc(F)c(F)c1)=C(/O)[C@@H]1Oc2c(O)ccc3c2[C@@]12CCN(CC1CC1)[C@H](C3)[C@@]2(C)O. The van der Waals surface area contributed by atoms with Crippen molar-refractivity contribution in [2.75, 3.05) is 18.4 Å². The lowest BCUT2D eigenvalue weighted by atomic mass is 9.53. The second-order valence-corrected chi connectivity index (χ2v) is 11.1. The Bertz CT molecular complexity index is 1340. The predicted octanol–water partition coefficient (Wildman–Crippen LogP) is 3.93. The molecule has 1 amide bonds. The van der Waals surface area contributed by atoms with Crippen LogP contribution in [0.5, 0.6) is 11.5 Å². The minimum atomic E-state index is -1.33. The fraction of sp³-hybridized carbons (Fsp3) is 0.464. The Balaban J connectivity index is 1.41. The third kappa shape index (κ3) is 3.47. The number of hydrogen-bond donors (Lipinski definition) is 4. The van der Waals surface area contributed by atoms with Gasteiger partial charge in [0, 0.05) is 29.9 Å². The van der Waals surface area contributed by atoms with Gasteiger partial charge < -0.3 is 25.4 Å². The second-order valence-electron chi connectivity index (χ2n) is 11.1. The summed E-state index contributed by atoms with van der Waals surface area (Å²) in [5.41, 5.74) is -0.845. The van der Waals surface area contributed by atoms with Gasteiger partial charge in [0.1, 0.15) is 5.76 Å². The van der Waals surface area contributed by atoms with Crippen LogP contribution in [0.15, 0.2) is 41.7 Å². The van der Waals surface area contributed by atoms with E-state index in [1.807, 2.05) is 6.07 Å². The molecule has 9 heteroatoms. The molecule has 7 nitrogen and oxygen atoms in total. The van der Waals surface area contributed by atoms with Crippen molar-refractivity contribution in [3.63, 3.8) is 0 Å². The van der Waals surface area contributed by atoms with Crippen molar-refractivity contribution >= 4 is 11.6 Å². The average Bonchev–Trinajstić information content (AvgIpc) is 3.59. The van der Waals surface area contributed by atoms with E-state index >= 15 is 0 Å². The number of piperidine rings is 1. The maximum atomic E-state index is 13.6. The van der Waals surface area contributed by atoms with Crippen molar-refractivity contribution in [2.24, 2.45) is 5.92 Å². The van der Waals surface area contributed by atoms with Crippen molar-refractivity contribution < 1.29 is 33.6 Å². The molecule has 4 aliphatic rings. The number of likely N-dealkylation sites (tertiary alicyclic amines) is 1. The van der Waals surface area contributed by atoms with Gasteiger partial charge in [0.2, 0.25) is 0 Å². The molecule has 0 aromatic heterocycles. The van der Waals surface area contributed by atoms with Gasteiger partial charge in [-0.15, -0.1) is 0 Å². The van der Waals surface area contributed by atoms with Crippen LogP contribution in [0.4, 0.5) is 14.5 Å². The molecule has 1 saturated heterocycles. The molecule has 2 aromatic carbocycles. The Hall–Kier alpha value is -3.17. The number of aliphatic hydroxyl groups is 2. The van der Waals surface area contributed by atoms with E-state index in [0.29, 0.717) is 30.9 Å². The molecule has 6 rings (SSSR count). The first-order valence-corrected chi connectivity index (χ1v) is 12.7. The molecule has 1 spiro atoms. The summed E-state index contributed by atoms with van der Waals surface area (Å²) in [6.45, 7) is 4.75. The monoisotopic (exact) mass is 512 g/mol. The number of ether oxygens (including phenoxy) is 1. The number of hydrogen-bond acceptors (Lipinski definition) is 6. The van der Waals surface area contributed by atoms with Crippen LogP contribution in [-0.4, -0.2) is 57.0 Å². The molecular weight excluding hydrogens is 482 g/mol. The van der Waals surface area contributed by atoms with Crippen molar-refractivity contribution in [3.8, 4) is 11.5 Å². The van der Waals surface area contributed by atoms with Gasteiger partial charge >= 0.3 is 0 Å². The Morgan fingerprint density at radius 1 is 1.22 bits per heavy atom. The number of aromatic hydroxyl groups is 1. The lowest BCUT2D eigenvalue weighted by Crippen LogP contribution is -2.73. The number of carbonyl (C=O) groups is 1. The highest BCUT2D eigenvalue weighted by Gasteiger charge is 2.69. The number of phenolic OH excluding ortho intramolecular Hbond substituents is 1. The molecule has 0 radical (unpaired) electrons. The third-order valence-corrected chi connectivity index (χ3v) is 8.89. The molecule has 196 valence electrons. The van der Waals surface area contributed by atoms with Crippen molar-refractivity contribution in [1.29, 1.82) is 0 Å². The zero-order valence-electron chi connectivity index (χ0n) is 20.7. The van der Waals surface area contributed by atoms with Crippen LogP contribution >= 0.6 is 0 Å². The number of phenols is 1. The van der Waals surface area contributed by atoms with E-state index < -0.39 is 34.7 Å². The largest absolute Gasteiger partial charge is 0.508 e. The Labute approximate surface area is 213 Å². The molecule has 2 aromatic rings. The molecule has 0 unspecified atom stereocenters. The van der Waals surface area contributed by atoms with Crippen molar-refractivity contribution in [2.45, 2.75) is 62.7 Å². The van der Waals surface area contributed by atoms with E-state index in [-0.39, 0.29) is 34.6 Å². The number of carbonyl (C=O) groups excluding carboxylic acids is 1. The zero-order chi connectivity index (χ0) is 26.3. The van der Waals surface area contributed by atoms with E-state index in [1.54, 1.807) is 13.0 Å². The maximum absolute atomic E-state index is 13.6. The predicted molar refractivity (Wildman–Crippen MR) is 132 cm³/mol. The number of benzene rings is 2. The summed E-state index contributed by atoms with van der Waals surface area (Å²) in [7, 11) is 0. The van der Waals surface area contributed by atoms with Gasteiger partial charge in [0.15, 0.2) is 29.2 Å². The molecule has 2 fully saturated rings. The van der Waals surface area contributed by atoms with E-state index in [2.05, 4.69) is 10.2 Å². The Morgan fingerprint density at radius 2 is 1.97 bits per heavy atom. The number of fused-ring (bicyclic) bond motifs is 1. The molecule has 37 heavy (non-hydrogen) atoms. The summed E-state index contributed by atoms with van der Waals surface area (Å²) < 4.78 is 33.1. The molecular formula is C28H30F2N2O5. The number of halogens is 2. The van der Waals surface area contributed by atoms with Crippen LogP contribution < -0.4 is 10.1 Å². The number of amides is 1. The zero-order valence-corrected chi connectivity index (χ0v) is 20.7. The summed E-state index contributed by atoms with van der Waals surface area (Å²) in [5, 5.41) is 36.8. The first-order chi connectivity index (χ1) is 17.5. The second kappa shape index (κ2) is 8.16. The quantitative estimate of drug-likeness (QED) is 0.358. The van der Waals surface area contributed by atoms with Crippen LogP contribution in [0.1, 0.15) is 44.2 Å². The first-order valence-electron chi connectivity index (χ1n) is 12.7. The van der Waals surface area contributed by atoms with Crippen molar-refractivity contribution in [1.82, 2.24) is 4.90 Å². The van der Waals surface area contributed by atoms with E-state index in [4.69, 9.17) is 4.74 Å². The normalized spacial score (nSPS) is 30.8. The highest BCUT2D eigenvalue weighted by atomic mass is 19.2. The van der Waals surface area contributed by atoms with Gasteiger partial charge in [-0.05, 0) is 75.8 Å². The number of nitrogens with one attached hydrogen (secondary N) is 1. The molecule has 2 heterocycles. The number of anilines is 1. The summed E-state index contributed by atoms with van der Waals surface area (Å²) in [6, 6.07) is 6.17. The molecule has 2 aliphatic carbocycles. The standard InChI is InChI=1S/C28H30F2N2O5/c1-14(26(35)31-17-6-7-18(29)19(30)12-17)23(34)25-28-9-10-32(13-15-3-4-15)21(27(28,2)36)11-16-5-8-20(33)24(37-25)22(16)28/h5-8,12,15,21,25,33-34,36H,3-4,9-11,13H2,1-2H3,(H,31,35)/b23-14-/t21-,25+,27-,28+/m1/s1. The van der Waals surface area contributed by atoms with Crippen LogP contribution in [0.2, 0.25) is 0 Å². The summed E-state index contributed by atoms with van der Waals surface area (Å²) in [5.74, 6) is -2.48. The van der Waals surface area contributed by atoms with Gasteiger partial charge in [0.05, 0.1) is 16.6 Å². The van der Waals surface area contributed by atoms with E-state index in [0.717, 1.165) is 24.2 Å². The lowest BCUT2D eigenvalue weighted by molar-refractivity contribution is -0.153. The van der Waals surface area contributed by atoms with Gasteiger partial charge in [-0.1, -0.05) is 6.07 Å². The maximum Gasteiger partial charge on any atom is 0.254 e. The van der Waals surface area contributed by atoms with Crippen LogP contribution in [-0.2, 0) is 16.6 Å². The summed E-state index contributed by atoms with van der Waals surface area (Å²) in [6.07, 6.45) is 2.30.